The minimum atomic E-state index is -0.462. The predicted molar refractivity (Wildman–Crippen MR) is 129 cm³/mol. The van der Waals surface area contributed by atoms with Crippen LogP contribution in [0.4, 0.5) is 5.69 Å². The van der Waals surface area contributed by atoms with Crippen LogP contribution in [0.1, 0.15) is 31.7 Å². The smallest absolute Gasteiger partial charge is 0.269 e. The standard InChI is InChI=1S/C25H30N4O6/c1-17(2)15-24(30)28(13-11-18-5-10-21(33-3)22(16-18)34-4)14-12-23-26-25(27-35-23)19-6-8-20(9-7-19)29(31)32/h5-10,16-17H,11-15H2,1-4H3. The molecule has 0 fully saturated rings. The van der Waals surface area contributed by atoms with Gasteiger partial charge in [-0.15, -0.1) is 0 Å². The molecule has 0 N–H and O–H groups in total. The molecule has 3 aromatic rings. The molecule has 0 atom stereocenters. The number of carbonyl (C=O) groups is 1. The number of aromatic nitrogens is 2. The third kappa shape index (κ3) is 7.02. The molecule has 10 heteroatoms. The lowest BCUT2D eigenvalue weighted by atomic mass is 10.1. The summed E-state index contributed by atoms with van der Waals surface area (Å²) >= 11 is 0. The van der Waals surface area contributed by atoms with Crippen molar-refractivity contribution in [1.82, 2.24) is 15.0 Å². The first-order valence-electron chi connectivity index (χ1n) is 11.4. The molecular formula is C25H30N4O6. The number of methoxy groups -OCH3 is 2. The zero-order valence-electron chi connectivity index (χ0n) is 20.4. The molecule has 0 saturated heterocycles. The second-order valence-electron chi connectivity index (χ2n) is 8.48. The zero-order valence-corrected chi connectivity index (χ0v) is 20.4. The Balaban J connectivity index is 1.66. The second-order valence-corrected chi connectivity index (χ2v) is 8.48. The lowest BCUT2D eigenvalue weighted by Crippen LogP contribution is -2.35. The summed E-state index contributed by atoms with van der Waals surface area (Å²) in [6, 6.07) is 11.7. The van der Waals surface area contributed by atoms with Crippen LogP contribution in [0.3, 0.4) is 0 Å². The molecule has 186 valence electrons. The Morgan fingerprint density at radius 3 is 2.37 bits per heavy atom. The van der Waals surface area contributed by atoms with E-state index in [1.54, 1.807) is 26.4 Å². The molecule has 2 aromatic carbocycles. The van der Waals surface area contributed by atoms with Crippen LogP contribution in [0.2, 0.25) is 0 Å². The van der Waals surface area contributed by atoms with Crippen LogP contribution in [0.5, 0.6) is 11.5 Å². The predicted octanol–water partition coefficient (Wildman–Crippen LogP) is 4.32. The van der Waals surface area contributed by atoms with Crippen LogP contribution < -0.4 is 9.47 Å². The Morgan fingerprint density at radius 1 is 1.06 bits per heavy atom. The highest BCUT2D eigenvalue weighted by Crippen LogP contribution is 2.28. The molecule has 35 heavy (non-hydrogen) atoms. The average Bonchev–Trinajstić information content (AvgIpc) is 3.32. The van der Waals surface area contributed by atoms with Gasteiger partial charge in [0.05, 0.1) is 19.1 Å². The van der Waals surface area contributed by atoms with Crippen LogP contribution in [-0.2, 0) is 17.6 Å². The fraction of sp³-hybridized carbons (Fsp3) is 0.400. The van der Waals surface area contributed by atoms with Crippen molar-refractivity contribution >= 4 is 11.6 Å². The SMILES string of the molecule is COc1ccc(CCN(CCc2nc(-c3ccc([N+](=O)[O-])cc3)no2)C(=O)CC(C)C)cc1OC. The van der Waals surface area contributed by atoms with Gasteiger partial charge in [0.2, 0.25) is 17.6 Å². The van der Waals surface area contributed by atoms with Gasteiger partial charge in [-0.2, -0.15) is 4.98 Å². The summed E-state index contributed by atoms with van der Waals surface area (Å²) in [6.07, 6.45) is 1.50. The van der Waals surface area contributed by atoms with E-state index in [-0.39, 0.29) is 17.5 Å². The summed E-state index contributed by atoms with van der Waals surface area (Å²) in [5, 5.41) is 14.8. The Kier molecular flexibility index (Phi) is 8.77. The van der Waals surface area contributed by atoms with Crippen LogP contribution >= 0.6 is 0 Å². The number of amides is 1. The number of nitro benzene ring substituents is 1. The highest BCUT2D eigenvalue weighted by molar-refractivity contribution is 5.76. The fourth-order valence-electron chi connectivity index (χ4n) is 3.58. The molecule has 0 bridgehead atoms. The van der Waals surface area contributed by atoms with Crippen molar-refractivity contribution in [3.8, 4) is 22.9 Å². The number of nitro groups is 1. The maximum atomic E-state index is 12.9. The van der Waals surface area contributed by atoms with Gasteiger partial charge in [0.15, 0.2) is 11.5 Å². The van der Waals surface area contributed by atoms with Gasteiger partial charge < -0.3 is 18.9 Å². The van der Waals surface area contributed by atoms with Gasteiger partial charge in [-0.3, -0.25) is 14.9 Å². The van der Waals surface area contributed by atoms with Gasteiger partial charge in [0, 0.05) is 43.6 Å². The largest absolute Gasteiger partial charge is 0.493 e. The fourth-order valence-corrected chi connectivity index (χ4v) is 3.58. The highest BCUT2D eigenvalue weighted by Gasteiger charge is 2.18. The van der Waals surface area contributed by atoms with E-state index in [0.717, 1.165) is 5.56 Å². The Bertz CT molecular complexity index is 1140. The first kappa shape index (κ1) is 25.7. The van der Waals surface area contributed by atoms with E-state index in [1.165, 1.54) is 12.1 Å². The Hall–Kier alpha value is -3.95. The summed E-state index contributed by atoms with van der Waals surface area (Å²) in [5.41, 5.74) is 1.64. The number of ether oxygens (including phenoxy) is 2. The number of hydrogen-bond donors (Lipinski definition) is 0. The molecule has 0 spiro atoms. The molecule has 0 aliphatic heterocycles. The van der Waals surface area contributed by atoms with E-state index in [9.17, 15) is 14.9 Å². The molecule has 3 rings (SSSR count). The van der Waals surface area contributed by atoms with Gasteiger partial charge >= 0.3 is 0 Å². The summed E-state index contributed by atoms with van der Waals surface area (Å²) < 4.78 is 16.0. The van der Waals surface area contributed by atoms with Crippen LogP contribution in [0, 0.1) is 16.0 Å². The van der Waals surface area contributed by atoms with Gasteiger partial charge in [-0.1, -0.05) is 25.1 Å². The molecule has 1 heterocycles. The minimum Gasteiger partial charge on any atom is -0.493 e. The van der Waals surface area contributed by atoms with E-state index in [2.05, 4.69) is 10.1 Å². The van der Waals surface area contributed by atoms with Crippen molar-refractivity contribution in [1.29, 1.82) is 0 Å². The van der Waals surface area contributed by atoms with E-state index >= 15 is 0 Å². The van der Waals surface area contributed by atoms with E-state index < -0.39 is 4.92 Å². The van der Waals surface area contributed by atoms with Gasteiger partial charge in [-0.25, -0.2) is 0 Å². The second kappa shape index (κ2) is 12.0. The Morgan fingerprint density at radius 2 is 1.74 bits per heavy atom. The van der Waals surface area contributed by atoms with Crippen molar-refractivity contribution in [3.63, 3.8) is 0 Å². The number of rotatable bonds is 12. The zero-order chi connectivity index (χ0) is 25.4. The van der Waals surface area contributed by atoms with Crippen molar-refractivity contribution in [2.75, 3.05) is 27.3 Å². The van der Waals surface area contributed by atoms with Crippen LogP contribution in [0.15, 0.2) is 47.0 Å². The summed E-state index contributed by atoms with van der Waals surface area (Å²) in [7, 11) is 3.18. The minimum absolute atomic E-state index is 0.00810. The molecule has 0 saturated carbocycles. The van der Waals surface area contributed by atoms with Gasteiger partial charge in [-0.05, 0) is 42.2 Å². The van der Waals surface area contributed by atoms with Crippen molar-refractivity contribution in [2.45, 2.75) is 33.1 Å². The van der Waals surface area contributed by atoms with Crippen molar-refractivity contribution in [3.05, 3.63) is 64.0 Å². The number of carbonyl (C=O) groups excluding carboxylic acids is 1. The maximum Gasteiger partial charge on any atom is 0.269 e. The lowest BCUT2D eigenvalue weighted by molar-refractivity contribution is -0.384. The monoisotopic (exact) mass is 482 g/mol. The molecule has 10 nitrogen and oxygen atoms in total. The molecular weight excluding hydrogens is 452 g/mol. The van der Waals surface area contributed by atoms with E-state index in [4.69, 9.17) is 14.0 Å². The third-order valence-corrected chi connectivity index (χ3v) is 5.45. The van der Waals surface area contributed by atoms with Crippen LogP contribution in [0.25, 0.3) is 11.4 Å². The first-order valence-corrected chi connectivity index (χ1v) is 11.4. The number of benzene rings is 2. The van der Waals surface area contributed by atoms with E-state index in [1.807, 2.05) is 36.9 Å². The maximum absolute atomic E-state index is 12.9. The first-order chi connectivity index (χ1) is 16.8. The van der Waals surface area contributed by atoms with Gasteiger partial charge in [0.1, 0.15) is 0 Å². The third-order valence-electron chi connectivity index (χ3n) is 5.45. The summed E-state index contributed by atoms with van der Waals surface area (Å²) in [4.78, 5) is 29.5. The highest BCUT2D eigenvalue weighted by atomic mass is 16.6. The molecule has 1 aromatic heterocycles. The lowest BCUT2D eigenvalue weighted by Gasteiger charge is -2.23. The molecule has 0 aliphatic carbocycles. The average molecular weight is 483 g/mol. The number of nitrogens with zero attached hydrogens (tertiary/aromatic N) is 4. The Labute approximate surface area is 204 Å². The van der Waals surface area contributed by atoms with Crippen LogP contribution in [-0.4, -0.2) is 53.2 Å². The molecule has 1 amide bonds. The van der Waals surface area contributed by atoms with E-state index in [0.29, 0.717) is 61.1 Å². The van der Waals surface area contributed by atoms with Crippen molar-refractivity contribution in [2.24, 2.45) is 5.92 Å². The number of non-ortho nitro benzene ring substituents is 1. The summed E-state index contributed by atoms with van der Waals surface area (Å²) in [6.45, 7) is 4.99. The quantitative estimate of drug-likeness (QED) is 0.276. The van der Waals surface area contributed by atoms with Crippen molar-refractivity contribution < 1.29 is 23.7 Å². The molecule has 0 radical (unpaired) electrons. The normalized spacial score (nSPS) is 10.9. The topological polar surface area (TPSA) is 121 Å². The number of hydrogen-bond acceptors (Lipinski definition) is 8. The molecule has 0 unspecified atom stereocenters. The molecule has 0 aliphatic rings. The summed E-state index contributed by atoms with van der Waals surface area (Å²) in [5.74, 6) is 2.35. The van der Waals surface area contributed by atoms with Gasteiger partial charge in [0.25, 0.3) is 5.69 Å².